The molecule has 0 atom stereocenters. The summed E-state index contributed by atoms with van der Waals surface area (Å²) in [5.41, 5.74) is 4.79. The average Bonchev–Trinajstić information content (AvgIpc) is 3.34. The third kappa shape index (κ3) is 32.7. The molecule has 0 aromatic heterocycles. The molecule has 0 unspecified atom stereocenters. The molecule has 0 amide bonds. The van der Waals surface area contributed by atoms with Gasteiger partial charge in [0.15, 0.2) is 0 Å². The fourth-order valence-electron chi connectivity index (χ4n) is 8.57. The Labute approximate surface area is 442 Å². The summed E-state index contributed by atoms with van der Waals surface area (Å²) in [4.78, 5) is 24.7. The second kappa shape index (κ2) is 40.4. The Balaban J connectivity index is 0.000000480. The standard InChI is InChI=1S/2C30H47O4P.Ni/c2*1-3-5-7-9-11-13-15-17-27-19-23-29(24-20-27)33-35(31,32)34-30-25-21-28(22-26-30)18-16-14-12-10-8-6-4-2;/h2*19-26H,3-18H2,1-2H3,(H,31,32);/q;;+2/p-2. The fraction of sp³-hybridized carbons (Fsp3) is 0.600. The number of phosphoric ester groups is 2. The van der Waals surface area contributed by atoms with Gasteiger partial charge in [-0.3, -0.25) is 0 Å². The van der Waals surface area contributed by atoms with Gasteiger partial charge < -0.3 is 27.9 Å². The topological polar surface area (TPSA) is 117 Å². The van der Waals surface area contributed by atoms with Gasteiger partial charge in [-0.05, 0) is 122 Å². The summed E-state index contributed by atoms with van der Waals surface area (Å²) in [7, 11) is -8.99. The number of aryl methyl sites for hydroxylation is 4. The van der Waals surface area contributed by atoms with Crippen LogP contribution in [0.15, 0.2) is 97.1 Å². The van der Waals surface area contributed by atoms with Crippen molar-refractivity contribution in [3.05, 3.63) is 119 Å². The van der Waals surface area contributed by atoms with Crippen LogP contribution in [0.5, 0.6) is 23.0 Å². The minimum Gasteiger partial charge on any atom is -0.736 e. The maximum absolute atomic E-state index is 12.4. The van der Waals surface area contributed by atoms with Crippen LogP contribution in [0, 0.1) is 0 Å². The first-order valence-electron chi connectivity index (χ1n) is 27.8. The molecule has 0 heterocycles. The minimum atomic E-state index is -4.50. The number of unbranched alkanes of at least 4 members (excludes halogenated alkanes) is 24. The van der Waals surface area contributed by atoms with E-state index in [1.54, 1.807) is 48.5 Å². The van der Waals surface area contributed by atoms with Crippen molar-refractivity contribution >= 4 is 15.6 Å². The van der Waals surface area contributed by atoms with Crippen LogP contribution in [0.3, 0.4) is 0 Å². The number of benzene rings is 4. The van der Waals surface area contributed by atoms with E-state index in [0.717, 1.165) is 51.4 Å². The third-order valence-electron chi connectivity index (χ3n) is 12.8. The van der Waals surface area contributed by atoms with Gasteiger partial charge in [0.1, 0.15) is 23.0 Å². The normalized spacial score (nSPS) is 11.4. The molecule has 0 saturated heterocycles. The molecule has 400 valence electrons. The van der Waals surface area contributed by atoms with E-state index in [1.165, 1.54) is 176 Å². The van der Waals surface area contributed by atoms with Crippen LogP contribution < -0.4 is 27.9 Å². The number of hydrogen-bond donors (Lipinski definition) is 0. The van der Waals surface area contributed by atoms with Crippen molar-refractivity contribution in [2.45, 2.75) is 233 Å². The Morgan fingerprint density at radius 3 is 0.606 bits per heavy atom. The van der Waals surface area contributed by atoms with E-state index in [0.29, 0.717) is 0 Å². The summed E-state index contributed by atoms with van der Waals surface area (Å²) in [6, 6.07) is 29.1. The van der Waals surface area contributed by atoms with Crippen molar-refractivity contribution < 1.29 is 53.5 Å². The van der Waals surface area contributed by atoms with Crippen molar-refractivity contribution in [3.63, 3.8) is 0 Å². The predicted molar refractivity (Wildman–Crippen MR) is 290 cm³/mol. The van der Waals surface area contributed by atoms with Crippen LogP contribution in [0.4, 0.5) is 0 Å². The Morgan fingerprint density at radius 2 is 0.437 bits per heavy atom. The molecule has 0 saturated carbocycles. The van der Waals surface area contributed by atoms with Crippen LogP contribution in [-0.4, -0.2) is 0 Å². The van der Waals surface area contributed by atoms with Gasteiger partial charge >= 0.3 is 32.1 Å². The minimum absolute atomic E-state index is 0. The number of rotatable bonds is 40. The monoisotopic (exact) mass is 1060 g/mol. The zero-order valence-electron chi connectivity index (χ0n) is 44.3. The van der Waals surface area contributed by atoms with Crippen molar-refractivity contribution in [2.24, 2.45) is 0 Å². The summed E-state index contributed by atoms with van der Waals surface area (Å²) < 4.78 is 45.4. The smallest absolute Gasteiger partial charge is 0.736 e. The van der Waals surface area contributed by atoms with E-state index in [-0.39, 0.29) is 39.5 Å². The summed E-state index contributed by atoms with van der Waals surface area (Å²) in [6.45, 7) is 8.95. The zero-order valence-corrected chi connectivity index (χ0v) is 47.1. The van der Waals surface area contributed by atoms with Gasteiger partial charge in [0.25, 0.3) is 0 Å². The summed E-state index contributed by atoms with van der Waals surface area (Å²) in [5, 5.41) is 0. The predicted octanol–water partition coefficient (Wildman–Crippen LogP) is 18.4. The molecule has 0 aliphatic rings. The SMILES string of the molecule is CCCCCCCCCc1ccc(OP(=O)([O-])Oc2ccc(CCCCCCCCC)cc2)cc1.CCCCCCCCCc1ccc(OP(=O)([O-])Oc2ccc(CCCCCCCCC)cc2)cc1.[Ni+2]. The van der Waals surface area contributed by atoms with Crippen LogP contribution in [0.1, 0.15) is 230 Å². The molecule has 4 aromatic rings. The van der Waals surface area contributed by atoms with Crippen LogP contribution in [0.2, 0.25) is 0 Å². The fourth-order valence-corrected chi connectivity index (χ4v) is 10.2. The van der Waals surface area contributed by atoms with Crippen LogP contribution >= 0.6 is 15.6 Å². The van der Waals surface area contributed by atoms with E-state index < -0.39 is 15.6 Å². The summed E-state index contributed by atoms with van der Waals surface area (Å²) >= 11 is 0. The second-order valence-electron chi connectivity index (χ2n) is 19.3. The van der Waals surface area contributed by atoms with Gasteiger partial charge in [-0.2, -0.15) is 0 Å². The molecule has 11 heteroatoms. The summed E-state index contributed by atoms with van der Waals surface area (Å²) in [6.07, 6.45) is 39.8. The van der Waals surface area contributed by atoms with Crippen molar-refractivity contribution in [2.75, 3.05) is 0 Å². The Morgan fingerprint density at radius 1 is 0.282 bits per heavy atom. The van der Waals surface area contributed by atoms with Crippen molar-refractivity contribution in [3.8, 4) is 23.0 Å². The van der Waals surface area contributed by atoms with Gasteiger partial charge in [0.05, 0.1) is 0 Å². The Kier molecular flexibility index (Phi) is 36.4. The van der Waals surface area contributed by atoms with Gasteiger partial charge in [-0.1, -0.05) is 230 Å². The molecule has 4 rings (SSSR count). The number of phosphoric acid groups is 2. The van der Waals surface area contributed by atoms with Crippen molar-refractivity contribution in [1.29, 1.82) is 0 Å². The van der Waals surface area contributed by atoms with Gasteiger partial charge in [-0.25, -0.2) is 9.13 Å². The molecule has 0 radical (unpaired) electrons. The molecule has 0 N–H and O–H groups in total. The van der Waals surface area contributed by atoms with Gasteiger partial charge in [-0.15, -0.1) is 0 Å². The molecular formula is C60H92NiO8P2. The average molecular weight is 1060 g/mol. The van der Waals surface area contributed by atoms with Crippen LogP contribution in [0.25, 0.3) is 0 Å². The van der Waals surface area contributed by atoms with Gasteiger partial charge in [0, 0.05) is 0 Å². The van der Waals surface area contributed by atoms with E-state index in [4.69, 9.17) is 18.1 Å². The van der Waals surface area contributed by atoms with E-state index in [1.807, 2.05) is 48.5 Å². The first kappa shape index (κ1) is 64.1. The molecule has 4 aromatic carbocycles. The number of hydrogen-bond acceptors (Lipinski definition) is 8. The molecule has 0 aliphatic carbocycles. The Hall–Kier alpha value is -3.05. The first-order valence-corrected chi connectivity index (χ1v) is 30.7. The van der Waals surface area contributed by atoms with E-state index >= 15 is 0 Å². The molecular weight excluding hydrogens is 969 g/mol. The Bertz CT molecular complexity index is 1680. The van der Waals surface area contributed by atoms with Crippen molar-refractivity contribution in [1.82, 2.24) is 0 Å². The maximum atomic E-state index is 12.4. The molecule has 71 heavy (non-hydrogen) atoms. The molecule has 8 nitrogen and oxygen atoms in total. The molecule has 0 fully saturated rings. The first-order chi connectivity index (χ1) is 34.0. The zero-order chi connectivity index (χ0) is 50.4. The largest absolute Gasteiger partial charge is 2.00 e. The molecule has 0 spiro atoms. The second-order valence-corrected chi connectivity index (χ2v) is 21.8. The maximum Gasteiger partial charge on any atom is 2.00 e. The molecule has 0 aliphatic heterocycles. The molecule has 0 bridgehead atoms. The van der Waals surface area contributed by atoms with Gasteiger partial charge in [0.2, 0.25) is 0 Å². The van der Waals surface area contributed by atoms with Crippen LogP contribution in [-0.2, 0) is 51.3 Å². The third-order valence-corrected chi connectivity index (χ3v) is 14.6. The van der Waals surface area contributed by atoms with E-state index in [2.05, 4.69) is 27.7 Å². The quantitative estimate of drug-likeness (QED) is 0.0246. The van der Waals surface area contributed by atoms with E-state index in [9.17, 15) is 18.9 Å². The summed E-state index contributed by atoms with van der Waals surface area (Å²) in [5.74, 6) is 1.12.